The highest BCUT2D eigenvalue weighted by Gasteiger charge is 2.37. The molecule has 1 aliphatic rings. The molecule has 0 aliphatic carbocycles. The molecule has 3 aromatic carbocycles. The summed E-state index contributed by atoms with van der Waals surface area (Å²) < 4.78 is 13.3. The lowest BCUT2D eigenvalue weighted by Crippen LogP contribution is -2.53. The summed E-state index contributed by atoms with van der Waals surface area (Å²) in [5.41, 5.74) is 6.95. The highest BCUT2D eigenvalue weighted by atomic mass is 35.5. The second-order valence-corrected chi connectivity index (χ2v) is 10.6. The van der Waals surface area contributed by atoms with E-state index < -0.39 is 11.6 Å². The quantitative estimate of drug-likeness (QED) is 0.357. The molecule has 3 aromatic rings. The van der Waals surface area contributed by atoms with E-state index in [2.05, 4.69) is 4.90 Å². The van der Waals surface area contributed by atoms with Gasteiger partial charge in [0.1, 0.15) is 11.4 Å². The number of primary amides is 1. The number of amides is 2. The van der Waals surface area contributed by atoms with Gasteiger partial charge in [-0.1, -0.05) is 48.0 Å². The first-order chi connectivity index (χ1) is 18.1. The van der Waals surface area contributed by atoms with E-state index in [9.17, 15) is 19.1 Å². The van der Waals surface area contributed by atoms with Gasteiger partial charge in [-0.2, -0.15) is 0 Å². The van der Waals surface area contributed by atoms with Gasteiger partial charge >= 0.3 is 6.03 Å². The summed E-state index contributed by atoms with van der Waals surface area (Å²) in [5.74, 6) is 0.104. The summed E-state index contributed by atoms with van der Waals surface area (Å²) in [7, 11) is 0. The highest BCUT2D eigenvalue weighted by molar-refractivity contribution is 6.30. The molecule has 0 unspecified atom stereocenters. The van der Waals surface area contributed by atoms with Crippen LogP contribution in [0.25, 0.3) is 0 Å². The monoisotopic (exact) mass is 537 g/mol. The zero-order chi connectivity index (χ0) is 27.3. The second kappa shape index (κ2) is 12.1. The molecule has 3 N–H and O–H groups in total. The number of benzene rings is 3. The minimum atomic E-state index is -1.45. The topological polar surface area (TPSA) is 86.9 Å². The van der Waals surface area contributed by atoms with Crippen LogP contribution in [0, 0.1) is 11.7 Å². The van der Waals surface area contributed by atoms with Gasteiger partial charge in [-0.25, -0.2) is 9.18 Å². The van der Waals surface area contributed by atoms with Crippen molar-refractivity contribution in [1.82, 2.24) is 4.90 Å². The third-order valence-electron chi connectivity index (χ3n) is 7.26. The maximum atomic E-state index is 13.3. The number of nitrogens with zero attached hydrogens (tertiary/aromatic N) is 2. The highest BCUT2D eigenvalue weighted by Crippen LogP contribution is 2.31. The first-order valence-corrected chi connectivity index (χ1v) is 13.1. The fourth-order valence-corrected chi connectivity index (χ4v) is 5.24. The van der Waals surface area contributed by atoms with E-state index >= 15 is 0 Å². The second-order valence-electron chi connectivity index (χ2n) is 10.1. The third kappa shape index (κ3) is 6.98. The number of carbonyl (C=O) groups is 2. The number of aliphatic hydroxyl groups is 1. The summed E-state index contributed by atoms with van der Waals surface area (Å²) in [6.45, 7) is 3.20. The molecule has 1 fully saturated rings. The summed E-state index contributed by atoms with van der Waals surface area (Å²) in [4.78, 5) is 28.0. The maximum absolute atomic E-state index is 13.3. The van der Waals surface area contributed by atoms with Gasteiger partial charge < -0.3 is 15.7 Å². The van der Waals surface area contributed by atoms with Crippen LogP contribution in [0.4, 0.5) is 14.9 Å². The predicted octanol–water partition coefficient (Wildman–Crippen LogP) is 5.41. The molecule has 0 bridgehead atoms. The molecule has 1 saturated heterocycles. The van der Waals surface area contributed by atoms with Crippen LogP contribution in [0.3, 0.4) is 0 Å². The molecule has 1 heterocycles. The van der Waals surface area contributed by atoms with Crippen LogP contribution < -0.4 is 10.6 Å². The minimum Gasteiger partial charge on any atom is -0.382 e. The fourth-order valence-electron chi connectivity index (χ4n) is 5.12. The van der Waals surface area contributed by atoms with E-state index in [1.807, 2.05) is 12.1 Å². The Morgan fingerprint density at radius 1 is 1.08 bits per heavy atom. The van der Waals surface area contributed by atoms with Crippen molar-refractivity contribution >= 4 is 29.1 Å². The number of hydrogen-bond acceptors (Lipinski definition) is 4. The summed E-state index contributed by atoms with van der Waals surface area (Å²) in [5, 5.41) is 12.6. The Morgan fingerprint density at radius 2 is 1.74 bits per heavy atom. The molecular weight excluding hydrogens is 505 g/mol. The van der Waals surface area contributed by atoms with Crippen molar-refractivity contribution in [2.45, 2.75) is 31.8 Å². The van der Waals surface area contributed by atoms with Gasteiger partial charge in [0.05, 0.1) is 6.54 Å². The SMILES string of the molecule is CC(=O)c1cccc(N(C[C@](O)(CN2CCC(Cc3ccc(F)cc3)CC2)c2ccc(Cl)cc2)C(N)=O)c1. The van der Waals surface area contributed by atoms with E-state index in [-0.39, 0.29) is 24.7 Å². The smallest absolute Gasteiger partial charge is 0.319 e. The number of β-amino-alcohol motifs (C(OH)–C–C–N with tert-alkyl or cyclic N) is 1. The van der Waals surface area contributed by atoms with Crippen LogP contribution in [0.5, 0.6) is 0 Å². The molecule has 0 saturated carbocycles. The number of hydrogen-bond donors (Lipinski definition) is 2. The Bertz CT molecular complexity index is 1260. The lowest BCUT2D eigenvalue weighted by atomic mass is 9.87. The molecule has 0 aromatic heterocycles. The first kappa shape index (κ1) is 27.8. The molecule has 8 heteroatoms. The maximum Gasteiger partial charge on any atom is 0.319 e. The van der Waals surface area contributed by atoms with E-state index in [1.54, 1.807) is 48.5 Å². The number of carbonyl (C=O) groups excluding carboxylic acids is 2. The van der Waals surface area contributed by atoms with Crippen molar-refractivity contribution < 1.29 is 19.1 Å². The molecule has 200 valence electrons. The third-order valence-corrected chi connectivity index (χ3v) is 7.51. The molecular formula is C30H33ClFN3O3. The number of halogens is 2. The molecule has 4 rings (SSSR count). The van der Waals surface area contributed by atoms with E-state index in [1.165, 1.54) is 24.0 Å². The van der Waals surface area contributed by atoms with Gasteiger partial charge in [0.2, 0.25) is 0 Å². The number of ketones is 1. The van der Waals surface area contributed by atoms with Crippen molar-refractivity contribution in [3.8, 4) is 0 Å². The number of nitrogens with two attached hydrogens (primary N) is 1. The number of piperidine rings is 1. The largest absolute Gasteiger partial charge is 0.382 e. The Morgan fingerprint density at radius 3 is 2.34 bits per heavy atom. The van der Waals surface area contributed by atoms with E-state index in [4.69, 9.17) is 17.3 Å². The standard InChI is InChI=1S/C30H33ClFN3O3/c1-21(36)24-3-2-4-28(18-24)35(29(33)37)20-30(38,25-7-9-26(31)10-8-25)19-34-15-13-23(14-16-34)17-22-5-11-27(32)12-6-22/h2-12,18,23,38H,13-17,19-20H2,1H3,(H2,33,37)/t30-/m1/s1. The normalized spacial score (nSPS) is 16.1. The van der Waals surface area contributed by atoms with Gasteiger partial charge in [-0.05, 0) is 92.7 Å². The summed E-state index contributed by atoms with van der Waals surface area (Å²) >= 11 is 6.11. The number of anilines is 1. The Balaban J connectivity index is 1.53. The molecule has 38 heavy (non-hydrogen) atoms. The average molecular weight is 538 g/mol. The average Bonchev–Trinajstić information content (AvgIpc) is 2.90. The van der Waals surface area contributed by atoms with Gasteiger partial charge in [-0.15, -0.1) is 0 Å². The van der Waals surface area contributed by atoms with Crippen LogP contribution >= 0.6 is 11.6 Å². The van der Waals surface area contributed by atoms with E-state index in [0.29, 0.717) is 27.8 Å². The van der Waals surface area contributed by atoms with Crippen molar-refractivity contribution in [3.05, 3.63) is 100 Å². The van der Waals surface area contributed by atoms with Crippen LogP contribution in [-0.4, -0.2) is 48.0 Å². The molecule has 1 atom stereocenters. The van der Waals surface area contributed by atoms with Crippen molar-refractivity contribution in [3.63, 3.8) is 0 Å². The Hall–Kier alpha value is -3.26. The molecule has 2 amide bonds. The fraction of sp³-hybridized carbons (Fsp3) is 0.333. The van der Waals surface area contributed by atoms with Gasteiger partial charge in [-0.3, -0.25) is 9.69 Å². The first-order valence-electron chi connectivity index (χ1n) is 12.8. The summed E-state index contributed by atoms with van der Waals surface area (Å²) in [6.07, 6.45) is 2.76. The molecule has 0 radical (unpaired) electrons. The van der Waals surface area contributed by atoms with Crippen molar-refractivity contribution in [2.24, 2.45) is 11.7 Å². The number of urea groups is 1. The summed E-state index contributed by atoms with van der Waals surface area (Å²) in [6, 6.07) is 19.5. The zero-order valence-electron chi connectivity index (χ0n) is 21.4. The minimum absolute atomic E-state index is 0.0964. The Kier molecular flexibility index (Phi) is 8.82. The van der Waals surface area contributed by atoms with Crippen LogP contribution in [0.1, 0.15) is 41.3 Å². The number of rotatable bonds is 9. The molecule has 1 aliphatic heterocycles. The van der Waals surface area contributed by atoms with Gasteiger partial charge in [0, 0.05) is 22.8 Å². The zero-order valence-corrected chi connectivity index (χ0v) is 22.2. The predicted molar refractivity (Wildman–Crippen MR) is 148 cm³/mol. The van der Waals surface area contributed by atoms with Crippen LogP contribution in [-0.2, 0) is 12.0 Å². The molecule has 0 spiro atoms. The van der Waals surface area contributed by atoms with Crippen LogP contribution in [0.2, 0.25) is 5.02 Å². The Labute approximate surface area is 227 Å². The van der Waals surface area contributed by atoms with Gasteiger partial charge in [0.25, 0.3) is 0 Å². The van der Waals surface area contributed by atoms with Crippen molar-refractivity contribution in [1.29, 1.82) is 0 Å². The lowest BCUT2D eigenvalue weighted by molar-refractivity contribution is -0.00267. The van der Waals surface area contributed by atoms with Gasteiger partial charge in [0.15, 0.2) is 5.78 Å². The van der Waals surface area contributed by atoms with Crippen LogP contribution in [0.15, 0.2) is 72.8 Å². The molecule has 6 nitrogen and oxygen atoms in total. The number of Topliss-reactive ketones (excluding diaryl/α,β-unsaturated/α-hetero) is 1. The number of likely N-dealkylation sites (tertiary alicyclic amines) is 1. The van der Waals surface area contributed by atoms with E-state index in [0.717, 1.165) is 37.9 Å². The lowest BCUT2D eigenvalue weighted by Gasteiger charge is -2.40. The van der Waals surface area contributed by atoms with Crippen molar-refractivity contribution in [2.75, 3.05) is 31.1 Å².